The van der Waals surface area contributed by atoms with Gasteiger partial charge in [0.05, 0.1) is 10.0 Å². The molecule has 0 saturated carbocycles. The summed E-state index contributed by atoms with van der Waals surface area (Å²) in [6.07, 6.45) is 4.65. The van der Waals surface area contributed by atoms with Gasteiger partial charge in [-0.15, -0.1) is 0 Å². The smallest absolute Gasteiger partial charge is 0.0595 e. The van der Waals surface area contributed by atoms with Gasteiger partial charge in [-0.3, -0.25) is 0 Å². The molecule has 18 heavy (non-hydrogen) atoms. The molecular weight excluding hydrogens is 285 g/mol. The van der Waals surface area contributed by atoms with E-state index in [1.165, 1.54) is 29.9 Å². The number of nitrogens with two attached hydrogens (primary N) is 1. The van der Waals surface area contributed by atoms with Crippen molar-refractivity contribution in [3.63, 3.8) is 0 Å². The average Bonchev–Trinajstić information content (AvgIpc) is 2.35. The molecule has 4 heteroatoms. The van der Waals surface area contributed by atoms with Crippen LogP contribution in [0.25, 0.3) is 0 Å². The van der Waals surface area contributed by atoms with Crippen LogP contribution < -0.4 is 5.73 Å². The Morgan fingerprint density at radius 3 is 2.61 bits per heavy atom. The number of halogens is 2. The average molecular weight is 304 g/mol. The van der Waals surface area contributed by atoms with Crippen molar-refractivity contribution in [2.24, 2.45) is 11.7 Å². The summed E-state index contributed by atoms with van der Waals surface area (Å²) in [5, 5.41) is 1.23. The molecule has 1 fully saturated rings. The Bertz CT molecular complexity index is 391. The molecule has 0 radical (unpaired) electrons. The molecule has 1 heterocycles. The van der Waals surface area contributed by atoms with Gasteiger partial charge in [0.15, 0.2) is 0 Å². The van der Waals surface area contributed by atoms with Crippen LogP contribution in [0.15, 0.2) is 18.2 Å². The van der Waals surface area contributed by atoms with E-state index in [4.69, 9.17) is 28.9 Å². The maximum absolute atomic E-state index is 6.24. The van der Waals surface area contributed by atoms with E-state index in [2.05, 4.69) is 11.8 Å². The molecule has 0 amide bonds. The lowest BCUT2D eigenvalue weighted by atomic mass is 9.92. The van der Waals surface area contributed by atoms with Crippen LogP contribution >= 0.6 is 35.0 Å². The zero-order valence-electron chi connectivity index (χ0n) is 10.4. The fourth-order valence-corrected chi connectivity index (χ4v) is 3.99. The zero-order chi connectivity index (χ0) is 13.0. The molecule has 0 aliphatic carbocycles. The van der Waals surface area contributed by atoms with Gasteiger partial charge in [0.2, 0.25) is 0 Å². The van der Waals surface area contributed by atoms with Crippen LogP contribution in [0.5, 0.6) is 0 Å². The van der Waals surface area contributed by atoms with Crippen molar-refractivity contribution >= 4 is 35.0 Å². The van der Waals surface area contributed by atoms with E-state index in [1.54, 1.807) is 0 Å². The fraction of sp³-hybridized carbons (Fsp3) is 0.571. The highest BCUT2D eigenvalue weighted by Crippen LogP contribution is 2.27. The summed E-state index contributed by atoms with van der Waals surface area (Å²) in [6.45, 7) is 0. The second kappa shape index (κ2) is 7.04. The summed E-state index contributed by atoms with van der Waals surface area (Å²) in [5.74, 6) is 3.40. The Morgan fingerprint density at radius 1 is 1.22 bits per heavy atom. The van der Waals surface area contributed by atoms with E-state index in [-0.39, 0.29) is 6.04 Å². The Balaban J connectivity index is 1.85. The third kappa shape index (κ3) is 4.34. The second-order valence-electron chi connectivity index (χ2n) is 5.00. The Morgan fingerprint density at radius 2 is 1.94 bits per heavy atom. The highest BCUT2D eigenvalue weighted by Gasteiger charge is 2.17. The lowest BCUT2D eigenvalue weighted by Crippen LogP contribution is -2.27. The molecule has 1 nitrogen and oxygen atoms in total. The SMILES string of the molecule is NC(Cc1ccc(Cl)c(Cl)c1)CC1CCSCC1. The first-order chi connectivity index (χ1) is 8.65. The Kier molecular flexibility index (Phi) is 5.68. The van der Waals surface area contributed by atoms with Crippen molar-refractivity contribution in [3.05, 3.63) is 33.8 Å². The predicted molar refractivity (Wildman–Crippen MR) is 82.8 cm³/mol. The van der Waals surface area contributed by atoms with Crippen molar-refractivity contribution in [1.82, 2.24) is 0 Å². The van der Waals surface area contributed by atoms with Gasteiger partial charge in [-0.2, -0.15) is 11.8 Å². The van der Waals surface area contributed by atoms with E-state index in [0.717, 1.165) is 18.8 Å². The molecule has 1 aliphatic rings. The third-order valence-corrected chi connectivity index (χ3v) is 5.25. The van der Waals surface area contributed by atoms with Gasteiger partial charge in [-0.1, -0.05) is 29.3 Å². The van der Waals surface area contributed by atoms with E-state index < -0.39 is 0 Å². The van der Waals surface area contributed by atoms with Crippen LogP contribution in [0.3, 0.4) is 0 Å². The minimum absolute atomic E-state index is 0.232. The summed E-state index contributed by atoms with van der Waals surface area (Å²) in [6, 6.07) is 6.03. The van der Waals surface area contributed by atoms with Gasteiger partial charge in [0, 0.05) is 6.04 Å². The molecule has 1 aromatic rings. The third-order valence-electron chi connectivity index (χ3n) is 3.46. The quantitative estimate of drug-likeness (QED) is 0.892. The number of rotatable bonds is 4. The van der Waals surface area contributed by atoms with Crippen molar-refractivity contribution in [2.45, 2.75) is 31.7 Å². The molecule has 0 bridgehead atoms. The van der Waals surface area contributed by atoms with Gasteiger partial charge < -0.3 is 5.73 Å². The van der Waals surface area contributed by atoms with Crippen LogP contribution in [0.2, 0.25) is 10.0 Å². The second-order valence-corrected chi connectivity index (χ2v) is 7.04. The molecule has 1 aliphatic heterocycles. The van der Waals surface area contributed by atoms with Crippen LogP contribution in [0.4, 0.5) is 0 Å². The molecular formula is C14H19Cl2NS. The molecule has 2 rings (SSSR count). The van der Waals surface area contributed by atoms with Crippen molar-refractivity contribution in [2.75, 3.05) is 11.5 Å². The van der Waals surface area contributed by atoms with Gasteiger partial charge in [0.25, 0.3) is 0 Å². The first-order valence-corrected chi connectivity index (χ1v) is 8.33. The summed E-state index contributed by atoms with van der Waals surface area (Å²) < 4.78 is 0. The Hall–Kier alpha value is 0.110. The van der Waals surface area contributed by atoms with E-state index >= 15 is 0 Å². The fourth-order valence-electron chi connectivity index (χ4n) is 2.46. The van der Waals surface area contributed by atoms with Gasteiger partial charge >= 0.3 is 0 Å². The molecule has 1 aromatic carbocycles. The highest BCUT2D eigenvalue weighted by atomic mass is 35.5. The van der Waals surface area contributed by atoms with E-state index in [0.29, 0.717) is 10.0 Å². The molecule has 0 spiro atoms. The van der Waals surface area contributed by atoms with Crippen molar-refractivity contribution in [1.29, 1.82) is 0 Å². The van der Waals surface area contributed by atoms with Crippen molar-refractivity contribution < 1.29 is 0 Å². The number of benzene rings is 1. The maximum atomic E-state index is 6.24. The monoisotopic (exact) mass is 303 g/mol. The Labute approximate surface area is 123 Å². The minimum atomic E-state index is 0.232. The highest BCUT2D eigenvalue weighted by molar-refractivity contribution is 7.99. The normalized spacial score (nSPS) is 18.8. The maximum Gasteiger partial charge on any atom is 0.0595 e. The zero-order valence-corrected chi connectivity index (χ0v) is 12.7. The first-order valence-electron chi connectivity index (χ1n) is 6.42. The lowest BCUT2D eigenvalue weighted by Gasteiger charge is -2.24. The predicted octanol–water partition coefficient (Wildman–Crippen LogP) is 4.40. The van der Waals surface area contributed by atoms with Crippen LogP contribution in [0, 0.1) is 5.92 Å². The number of hydrogen-bond donors (Lipinski definition) is 1. The standard InChI is InChI=1S/C14H19Cl2NS/c15-13-2-1-11(9-14(13)16)8-12(17)7-10-3-5-18-6-4-10/h1-2,9-10,12H,3-8,17H2. The van der Waals surface area contributed by atoms with E-state index in [1.807, 2.05) is 18.2 Å². The topological polar surface area (TPSA) is 26.0 Å². The van der Waals surface area contributed by atoms with E-state index in [9.17, 15) is 0 Å². The molecule has 100 valence electrons. The summed E-state index contributed by atoms with van der Waals surface area (Å²) in [5.41, 5.74) is 7.42. The van der Waals surface area contributed by atoms with Gasteiger partial charge in [0.1, 0.15) is 0 Å². The lowest BCUT2D eigenvalue weighted by molar-refractivity contribution is 0.406. The largest absolute Gasteiger partial charge is 0.327 e. The minimum Gasteiger partial charge on any atom is -0.327 e. The summed E-state index contributed by atoms with van der Waals surface area (Å²) in [4.78, 5) is 0. The summed E-state index contributed by atoms with van der Waals surface area (Å²) in [7, 11) is 0. The molecule has 0 aromatic heterocycles. The summed E-state index contributed by atoms with van der Waals surface area (Å²) >= 11 is 14.0. The van der Waals surface area contributed by atoms with Crippen LogP contribution in [0.1, 0.15) is 24.8 Å². The number of hydrogen-bond acceptors (Lipinski definition) is 2. The van der Waals surface area contributed by atoms with Crippen molar-refractivity contribution in [3.8, 4) is 0 Å². The number of thioether (sulfide) groups is 1. The van der Waals surface area contributed by atoms with Crippen LogP contribution in [-0.2, 0) is 6.42 Å². The molecule has 1 unspecified atom stereocenters. The first kappa shape index (κ1) is 14.5. The van der Waals surface area contributed by atoms with Crippen LogP contribution in [-0.4, -0.2) is 17.5 Å². The van der Waals surface area contributed by atoms with Gasteiger partial charge in [-0.25, -0.2) is 0 Å². The van der Waals surface area contributed by atoms with Gasteiger partial charge in [-0.05, 0) is 60.8 Å². The molecule has 1 atom stereocenters. The molecule has 2 N–H and O–H groups in total. The molecule has 1 saturated heterocycles.